The van der Waals surface area contributed by atoms with Crippen LogP contribution in [0.3, 0.4) is 0 Å². The minimum atomic E-state index is -1.27. The summed E-state index contributed by atoms with van der Waals surface area (Å²) >= 11 is 1.48. The van der Waals surface area contributed by atoms with Crippen LogP contribution < -0.4 is 20.2 Å². The molecule has 0 aliphatic rings. The van der Waals surface area contributed by atoms with Gasteiger partial charge in [-0.3, -0.25) is 4.79 Å². The lowest BCUT2D eigenvalue weighted by atomic mass is 9.98. The van der Waals surface area contributed by atoms with Crippen molar-refractivity contribution in [3.05, 3.63) is 153 Å². The number of methoxy groups -OCH3 is 2. The Bertz CT molecular complexity index is 1960. The topological polar surface area (TPSA) is 89.8 Å². The molecule has 6 aromatic rings. The second-order valence-corrected chi connectivity index (χ2v) is 11.6. The Labute approximate surface area is 264 Å². The minimum absolute atomic E-state index is 0.162. The van der Waals surface area contributed by atoms with Crippen molar-refractivity contribution in [3.8, 4) is 21.9 Å². The molecule has 2 aromatic heterocycles. The van der Waals surface area contributed by atoms with Crippen LogP contribution in [0.2, 0.25) is 0 Å². The molecule has 7 nitrogen and oxygen atoms in total. The van der Waals surface area contributed by atoms with E-state index < -0.39 is 11.4 Å². The fourth-order valence-corrected chi connectivity index (χ4v) is 6.95. The Kier molecular flexibility index (Phi) is 8.77. The molecule has 0 amide bonds. The van der Waals surface area contributed by atoms with Crippen LogP contribution >= 0.6 is 11.3 Å². The summed E-state index contributed by atoms with van der Waals surface area (Å²) in [4.78, 5) is 28.0. The first kappa shape index (κ1) is 29.9. The molecule has 0 aliphatic carbocycles. The third kappa shape index (κ3) is 6.11. The van der Waals surface area contributed by atoms with Gasteiger partial charge in [0.15, 0.2) is 0 Å². The number of nitrogens with zero attached hydrogens (tertiary/aromatic N) is 1. The summed E-state index contributed by atoms with van der Waals surface area (Å²) in [6.07, 6.45) is 1.45. The number of hydrogen-bond donors (Lipinski definition) is 2. The van der Waals surface area contributed by atoms with Crippen LogP contribution in [-0.2, 0) is 13.1 Å². The predicted molar refractivity (Wildman–Crippen MR) is 179 cm³/mol. The Balaban J connectivity index is 1.55. The maximum absolute atomic E-state index is 14.0. The molecule has 6 rings (SSSR count). The molecule has 0 atom stereocenters. The van der Waals surface area contributed by atoms with Gasteiger partial charge in [0.05, 0.1) is 32.2 Å². The zero-order valence-corrected chi connectivity index (χ0v) is 25.7. The van der Waals surface area contributed by atoms with Gasteiger partial charge in [-0.1, -0.05) is 78.9 Å². The lowest BCUT2D eigenvalue weighted by Crippen LogP contribution is -2.24. The largest absolute Gasteiger partial charge is 0.497 e. The van der Waals surface area contributed by atoms with Crippen molar-refractivity contribution in [2.45, 2.75) is 19.1 Å². The standard InChI is InChI=1S/C37H32N2O5S/c1-43-28-19-17-26(18-20-28)35-29(21-38-33(24-11-5-3-6-12-24)25-13-7-4-8-14-25)32-34(40)30(37(41)42)23-39(36(32)45-35)22-27-15-9-10-16-31(27)44-2/h3-20,23,33,38H,21-22H2,1-2H3,(H,41,42). The predicted octanol–water partition coefficient (Wildman–Crippen LogP) is 7.37. The van der Waals surface area contributed by atoms with Crippen LogP contribution in [0, 0.1) is 0 Å². The van der Waals surface area contributed by atoms with Gasteiger partial charge in [0, 0.05) is 23.2 Å². The lowest BCUT2D eigenvalue weighted by Gasteiger charge is -2.20. The Morgan fingerprint density at radius 2 is 1.47 bits per heavy atom. The average Bonchev–Trinajstić information content (AvgIpc) is 3.47. The number of benzene rings is 4. The van der Waals surface area contributed by atoms with Crippen molar-refractivity contribution >= 4 is 27.5 Å². The molecule has 0 radical (unpaired) electrons. The molecule has 0 aliphatic heterocycles. The van der Waals surface area contributed by atoms with Crippen molar-refractivity contribution in [3.63, 3.8) is 0 Å². The van der Waals surface area contributed by atoms with Crippen molar-refractivity contribution in [1.82, 2.24) is 9.88 Å². The maximum Gasteiger partial charge on any atom is 0.341 e. The Hall–Kier alpha value is -5.18. The van der Waals surface area contributed by atoms with E-state index in [1.54, 1.807) is 14.2 Å². The van der Waals surface area contributed by atoms with E-state index in [1.165, 1.54) is 17.5 Å². The summed E-state index contributed by atoms with van der Waals surface area (Å²) in [7, 11) is 3.23. The number of hydrogen-bond acceptors (Lipinski definition) is 6. The second kappa shape index (κ2) is 13.2. The third-order valence-electron chi connectivity index (χ3n) is 7.87. The number of para-hydroxylation sites is 1. The summed E-state index contributed by atoms with van der Waals surface area (Å²) in [6.45, 7) is 0.649. The van der Waals surface area contributed by atoms with Crippen molar-refractivity contribution in [2.24, 2.45) is 0 Å². The number of carbonyl (C=O) groups is 1. The molecule has 45 heavy (non-hydrogen) atoms. The van der Waals surface area contributed by atoms with E-state index in [4.69, 9.17) is 9.47 Å². The number of ether oxygens (including phenoxy) is 2. The Morgan fingerprint density at radius 1 is 0.844 bits per heavy atom. The zero-order chi connectivity index (χ0) is 31.3. The number of aromatic nitrogens is 1. The average molecular weight is 617 g/mol. The molecule has 8 heteroatoms. The summed E-state index contributed by atoms with van der Waals surface area (Å²) in [6, 6.07) is 35.4. The number of rotatable bonds is 11. The normalized spacial score (nSPS) is 11.2. The molecule has 226 valence electrons. The molecular weight excluding hydrogens is 584 g/mol. The molecule has 0 bridgehead atoms. The first-order valence-corrected chi connectivity index (χ1v) is 15.3. The van der Waals surface area contributed by atoms with Crippen LogP contribution in [-0.4, -0.2) is 29.9 Å². The molecule has 2 N–H and O–H groups in total. The number of pyridine rings is 1. The van der Waals surface area contributed by atoms with E-state index in [-0.39, 0.29) is 11.6 Å². The number of carboxylic acids is 1. The van der Waals surface area contributed by atoms with Crippen LogP contribution in [0.15, 0.2) is 120 Å². The second-order valence-electron chi connectivity index (χ2n) is 10.6. The Morgan fingerprint density at radius 3 is 2.07 bits per heavy atom. The number of carboxylic acid groups (broad SMARTS) is 1. The van der Waals surface area contributed by atoms with Gasteiger partial charge in [0.25, 0.3) is 0 Å². The number of aromatic carboxylic acids is 1. The van der Waals surface area contributed by atoms with E-state index in [2.05, 4.69) is 29.6 Å². The maximum atomic E-state index is 14.0. The van der Waals surface area contributed by atoms with Crippen molar-refractivity contribution in [2.75, 3.05) is 14.2 Å². The van der Waals surface area contributed by atoms with Gasteiger partial charge in [0.1, 0.15) is 21.9 Å². The molecule has 0 saturated heterocycles. The molecule has 4 aromatic carbocycles. The third-order valence-corrected chi connectivity index (χ3v) is 9.19. The zero-order valence-electron chi connectivity index (χ0n) is 24.9. The highest BCUT2D eigenvalue weighted by atomic mass is 32.1. The van der Waals surface area contributed by atoms with Crippen molar-refractivity contribution in [1.29, 1.82) is 0 Å². The molecule has 0 unspecified atom stereocenters. The highest BCUT2D eigenvalue weighted by Gasteiger charge is 2.25. The van der Waals surface area contributed by atoms with E-state index in [0.29, 0.717) is 29.1 Å². The van der Waals surface area contributed by atoms with Gasteiger partial charge >= 0.3 is 5.97 Å². The van der Waals surface area contributed by atoms with E-state index in [0.717, 1.165) is 38.4 Å². The van der Waals surface area contributed by atoms with E-state index >= 15 is 0 Å². The fraction of sp³-hybridized carbons (Fsp3) is 0.135. The first-order chi connectivity index (χ1) is 22.0. The first-order valence-electron chi connectivity index (χ1n) is 14.5. The van der Waals surface area contributed by atoms with E-state index in [9.17, 15) is 14.7 Å². The van der Waals surface area contributed by atoms with Crippen LogP contribution in [0.1, 0.15) is 38.7 Å². The highest BCUT2D eigenvalue weighted by molar-refractivity contribution is 7.22. The van der Waals surface area contributed by atoms with Crippen LogP contribution in [0.25, 0.3) is 20.7 Å². The van der Waals surface area contributed by atoms with Gasteiger partial charge in [-0.2, -0.15) is 0 Å². The van der Waals surface area contributed by atoms with Gasteiger partial charge in [0.2, 0.25) is 5.43 Å². The molecule has 0 saturated carbocycles. The summed E-state index contributed by atoms with van der Waals surface area (Å²) < 4.78 is 12.8. The number of nitrogens with one attached hydrogen (secondary N) is 1. The monoisotopic (exact) mass is 616 g/mol. The smallest absolute Gasteiger partial charge is 0.341 e. The van der Waals surface area contributed by atoms with E-state index in [1.807, 2.05) is 89.5 Å². The van der Waals surface area contributed by atoms with Crippen LogP contribution in [0.5, 0.6) is 11.5 Å². The number of thiophene rings is 1. The van der Waals surface area contributed by atoms with Gasteiger partial charge in [-0.05, 0) is 52.6 Å². The van der Waals surface area contributed by atoms with Gasteiger partial charge in [-0.15, -0.1) is 11.3 Å². The minimum Gasteiger partial charge on any atom is -0.497 e. The van der Waals surface area contributed by atoms with Gasteiger partial charge in [-0.25, -0.2) is 4.79 Å². The number of fused-ring (bicyclic) bond motifs is 1. The summed E-state index contributed by atoms with van der Waals surface area (Å²) in [5.41, 5.74) is 3.90. The van der Waals surface area contributed by atoms with Crippen molar-refractivity contribution < 1.29 is 19.4 Å². The quantitative estimate of drug-likeness (QED) is 0.158. The molecular formula is C37H32N2O5S. The SMILES string of the molecule is COc1ccc(-c2sc3c(c2CNC(c2ccccc2)c2ccccc2)c(=O)c(C(=O)O)cn3Cc2ccccc2OC)cc1. The highest BCUT2D eigenvalue weighted by Crippen LogP contribution is 2.39. The van der Waals surface area contributed by atoms with Gasteiger partial charge < -0.3 is 24.5 Å². The summed E-state index contributed by atoms with van der Waals surface area (Å²) in [5.74, 6) is 0.138. The fourth-order valence-electron chi connectivity index (χ4n) is 5.65. The molecule has 0 fully saturated rings. The molecule has 0 spiro atoms. The summed E-state index contributed by atoms with van der Waals surface area (Å²) in [5, 5.41) is 14.2. The molecule has 2 heterocycles. The lowest BCUT2D eigenvalue weighted by molar-refractivity contribution is 0.0695. The van der Waals surface area contributed by atoms with Crippen LogP contribution in [0.4, 0.5) is 0 Å².